The second-order valence-corrected chi connectivity index (χ2v) is 2.72. The minimum absolute atomic E-state index is 0.519. The largest absolute Gasteiger partial charge is 0.224 e. The van der Waals surface area contributed by atoms with E-state index in [4.69, 9.17) is 0 Å². The Bertz CT molecular complexity index is 301. The molecule has 1 rings (SSSR count). The molecule has 5 heteroatoms. The van der Waals surface area contributed by atoms with Crippen molar-refractivity contribution in [1.82, 2.24) is 0 Å². The predicted molar refractivity (Wildman–Crippen MR) is 33.5 cm³/mol. The van der Waals surface area contributed by atoms with Gasteiger partial charge in [0, 0.05) is 6.07 Å². The first-order chi connectivity index (χ1) is 5.11. The van der Waals surface area contributed by atoms with Gasteiger partial charge in [-0.25, -0.2) is 13.0 Å². The van der Waals surface area contributed by atoms with Gasteiger partial charge in [-0.1, -0.05) is 0 Å². The van der Waals surface area contributed by atoms with Gasteiger partial charge in [0.2, 0.25) is 11.1 Å². The van der Waals surface area contributed by atoms with Crippen molar-refractivity contribution in [2.45, 2.75) is 4.90 Å². The zero-order chi connectivity index (χ0) is 8.43. The molecule has 0 bridgehead atoms. The maximum Gasteiger partial charge on any atom is 0.224 e. The van der Waals surface area contributed by atoms with Crippen molar-refractivity contribution in [3.63, 3.8) is 0 Å². The van der Waals surface area contributed by atoms with E-state index in [1.165, 1.54) is 0 Å². The zero-order valence-corrected chi connectivity index (χ0v) is 6.03. The summed E-state index contributed by atoms with van der Waals surface area (Å²) >= 11 is -2.64. The highest BCUT2D eigenvalue weighted by Gasteiger charge is 2.08. The lowest BCUT2D eigenvalue weighted by Crippen LogP contribution is -1.92. The normalized spacial score (nSPS) is 13.0. The quantitative estimate of drug-likeness (QED) is 0.639. The SMILES string of the molecule is [O]S(=O)c1ccc(F)cc1F. The molecule has 0 amide bonds. The number of rotatable bonds is 1. The van der Waals surface area contributed by atoms with E-state index in [1.807, 2.05) is 0 Å². The predicted octanol–water partition coefficient (Wildman–Crippen LogP) is 1.42. The van der Waals surface area contributed by atoms with Gasteiger partial charge in [-0.05, 0) is 12.1 Å². The van der Waals surface area contributed by atoms with Gasteiger partial charge in [0.15, 0.2) is 0 Å². The Morgan fingerprint density at radius 3 is 2.36 bits per heavy atom. The number of hydrogen-bond donors (Lipinski definition) is 0. The van der Waals surface area contributed by atoms with Gasteiger partial charge in [0.1, 0.15) is 16.5 Å². The molecule has 2 nitrogen and oxygen atoms in total. The zero-order valence-electron chi connectivity index (χ0n) is 5.21. The van der Waals surface area contributed by atoms with Gasteiger partial charge in [0.05, 0.1) is 0 Å². The molecule has 0 N–H and O–H groups in total. The summed E-state index contributed by atoms with van der Waals surface area (Å²) in [6.07, 6.45) is 0. The molecule has 0 saturated heterocycles. The van der Waals surface area contributed by atoms with Crippen molar-refractivity contribution in [2.75, 3.05) is 0 Å². The highest BCUT2D eigenvalue weighted by molar-refractivity contribution is 7.79. The Hall–Kier alpha value is -0.810. The minimum atomic E-state index is -2.64. The van der Waals surface area contributed by atoms with Crippen LogP contribution in [-0.2, 0) is 15.6 Å². The summed E-state index contributed by atoms with van der Waals surface area (Å²) < 4.78 is 45.0. The van der Waals surface area contributed by atoms with Crippen LogP contribution in [0.5, 0.6) is 0 Å². The fourth-order valence-corrected chi connectivity index (χ4v) is 1.01. The third-order valence-corrected chi connectivity index (χ3v) is 1.76. The molecule has 59 valence electrons. The van der Waals surface area contributed by atoms with Crippen molar-refractivity contribution in [3.05, 3.63) is 29.8 Å². The van der Waals surface area contributed by atoms with E-state index in [-0.39, 0.29) is 0 Å². The molecule has 0 aliphatic carbocycles. The Balaban J connectivity index is 3.20. The second-order valence-electron chi connectivity index (χ2n) is 1.81. The van der Waals surface area contributed by atoms with Crippen LogP contribution in [0, 0.1) is 11.6 Å². The molecule has 0 aliphatic heterocycles. The molecule has 0 aliphatic rings. The van der Waals surface area contributed by atoms with Crippen molar-refractivity contribution < 1.29 is 17.5 Å². The maximum absolute atomic E-state index is 12.5. The Morgan fingerprint density at radius 2 is 1.91 bits per heavy atom. The van der Waals surface area contributed by atoms with Crippen molar-refractivity contribution in [2.24, 2.45) is 0 Å². The first-order valence-corrected chi connectivity index (χ1v) is 3.73. The van der Waals surface area contributed by atoms with Crippen molar-refractivity contribution in [1.29, 1.82) is 0 Å². The van der Waals surface area contributed by atoms with E-state index in [2.05, 4.69) is 0 Å². The van der Waals surface area contributed by atoms with E-state index in [0.717, 1.165) is 12.1 Å². The molecule has 0 heterocycles. The molecule has 0 spiro atoms. The van der Waals surface area contributed by atoms with Crippen LogP contribution in [0.2, 0.25) is 0 Å². The molecule has 1 aromatic carbocycles. The van der Waals surface area contributed by atoms with Gasteiger partial charge < -0.3 is 0 Å². The van der Waals surface area contributed by atoms with E-state index >= 15 is 0 Å². The van der Waals surface area contributed by atoms with Gasteiger partial charge in [0.25, 0.3) is 0 Å². The van der Waals surface area contributed by atoms with E-state index < -0.39 is 27.6 Å². The molecule has 11 heavy (non-hydrogen) atoms. The third kappa shape index (κ3) is 1.81. The van der Waals surface area contributed by atoms with Crippen LogP contribution in [0.1, 0.15) is 0 Å². The van der Waals surface area contributed by atoms with Crippen molar-refractivity contribution >= 4 is 11.1 Å². The molecule has 1 unspecified atom stereocenters. The monoisotopic (exact) mass is 177 g/mol. The van der Waals surface area contributed by atoms with E-state index in [1.54, 1.807) is 0 Å². The van der Waals surface area contributed by atoms with Crippen molar-refractivity contribution in [3.8, 4) is 0 Å². The molecule has 0 aromatic heterocycles. The second kappa shape index (κ2) is 3.06. The Morgan fingerprint density at radius 1 is 1.27 bits per heavy atom. The lowest BCUT2D eigenvalue weighted by molar-refractivity contribution is 0.465. The summed E-state index contributed by atoms with van der Waals surface area (Å²) in [6.45, 7) is 0. The average molecular weight is 177 g/mol. The van der Waals surface area contributed by atoms with E-state index in [9.17, 15) is 17.5 Å². The molecular formula is C6H3F2O2S. The van der Waals surface area contributed by atoms with Crippen LogP contribution >= 0.6 is 0 Å². The molecule has 0 saturated carbocycles. The summed E-state index contributed by atoms with van der Waals surface area (Å²) in [4.78, 5) is -0.522. The van der Waals surface area contributed by atoms with Gasteiger partial charge in [-0.2, -0.15) is 0 Å². The van der Waals surface area contributed by atoms with Crippen LogP contribution in [0.15, 0.2) is 23.1 Å². The molecule has 1 atom stereocenters. The summed E-state index contributed by atoms with van der Waals surface area (Å²) in [7, 11) is 0. The summed E-state index contributed by atoms with van der Waals surface area (Å²) in [5.74, 6) is -1.87. The van der Waals surface area contributed by atoms with E-state index in [0.29, 0.717) is 6.07 Å². The minimum Gasteiger partial charge on any atom is -0.221 e. The molecule has 1 aromatic rings. The summed E-state index contributed by atoms with van der Waals surface area (Å²) in [5, 5.41) is 0. The molecular weight excluding hydrogens is 174 g/mol. The first-order valence-electron chi connectivity index (χ1n) is 2.65. The topological polar surface area (TPSA) is 37.0 Å². The number of benzene rings is 1. The highest BCUT2D eigenvalue weighted by atomic mass is 32.2. The standard InChI is InChI=1S/C6H3F2O2S/c7-4-1-2-6(11(9)10)5(8)3-4/h1-3H. The first kappa shape index (κ1) is 8.29. The molecule has 1 radical (unpaired) electrons. The third-order valence-electron chi connectivity index (χ3n) is 1.07. The van der Waals surface area contributed by atoms with Crippen LogP contribution in [0.4, 0.5) is 8.78 Å². The Kier molecular flexibility index (Phi) is 2.31. The average Bonchev–Trinajstić information content (AvgIpc) is 1.85. The van der Waals surface area contributed by atoms with Crippen LogP contribution in [0.3, 0.4) is 0 Å². The lowest BCUT2D eigenvalue weighted by Gasteiger charge is -1.94. The van der Waals surface area contributed by atoms with Gasteiger partial charge in [-0.15, -0.1) is 4.55 Å². The number of halogens is 2. The fraction of sp³-hybridized carbons (Fsp3) is 0. The fourth-order valence-electron chi connectivity index (χ4n) is 0.610. The van der Waals surface area contributed by atoms with Gasteiger partial charge in [-0.3, -0.25) is 0 Å². The summed E-state index contributed by atoms with van der Waals surface area (Å²) in [6, 6.07) is 2.27. The van der Waals surface area contributed by atoms with Crippen LogP contribution < -0.4 is 0 Å². The van der Waals surface area contributed by atoms with Crippen LogP contribution in [-0.4, -0.2) is 4.21 Å². The van der Waals surface area contributed by atoms with Crippen LogP contribution in [0.25, 0.3) is 0 Å². The Labute approximate surface area is 64.1 Å². The number of hydrogen-bond acceptors (Lipinski definition) is 1. The smallest absolute Gasteiger partial charge is 0.221 e. The molecule has 0 fully saturated rings. The summed E-state index contributed by atoms with van der Waals surface area (Å²) in [5.41, 5.74) is 0. The highest BCUT2D eigenvalue weighted by Crippen LogP contribution is 2.12. The van der Waals surface area contributed by atoms with Gasteiger partial charge >= 0.3 is 0 Å². The maximum atomic E-state index is 12.5. The lowest BCUT2D eigenvalue weighted by atomic mass is 10.3.